The van der Waals surface area contributed by atoms with Crippen molar-refractivity contribution in [2.45, 2.75) is 12.0 Å². The number of anilines is 1. The summed E-state index contributed by atoms with van der Waals surface area (Å²) < 4.78 is 68.6. The molecule has 1 amide bonds. The molecule has 1 atom stereocenters. The van der Waals surface area contributed by atoms with Crippen molar-refractivity contribution < 1.29 is 36.6 Å². The SMILES string of the molecule is NC1=N[C@@](c2cc(NC(=O)Oc3ccc(OCF)cn3)ccc2F)(C(F)F)COC1. The maximum Gasteiger partial charge on any atom is 0.418 e. The van der Waals surface area contributed by atoms with Crippen LogP contribution in [-0.2, 0) is 10.3 Å². The summed E-state index contributed by atoms with van der Waals surface area (Å²) >= 11 is 0. The molecule has 0 fully saturated rings. The van der Waals surface area contributed by atoms with E-state index < -0.39 is 42.9 Å². The van der Waals surface area contributed by atoms with E-state index in [2.05, 4.69) is 20.0 Å². The number of rotatable bonds is 6. The van der Waals surface area contributed by atoms with Gasteiger partial charge in [0.05, 0.1) is 12.8 Å². The zero-order valence-corrected chi connectivity index (χ0v) is 15.3. The summed E-state index contributed by atoms with van der Waals surface area (Å²) in [4.78, 5) is 19.5. The van der Waals surface area contributed by atoms with Crippen molar-refractivity contribution in [3.05, 3.63) is 47.9 Å². The van der Waals surface area contributed by atoms with Crippen LogP contribution in [0.15, 0.2) is 41.5 Å². The maximum absolute atomic E-state index is 14.4. The summed E-state index contributed by atoms with van der Waals surface area (Å²) in [5.41, 5.74) is 2.64. The Morgan fingerprint density at radius 3 is 2.77 bits per heavy atom. The number of alkyl halides is 3. The Balaban J connectivity index is 1.79. The van der Waals surface area contributed by atoms with Gasteiger partial charge in [-0.05, 0) is 24.3 Å². The van der Waals surface area contributed by atoms with Crippen LogP contribution in [0.4, 0.5) is 28.0 Å². The zero-order chi connectivity index (χ0) is 21.7. The van der Waals surface area contributed by atoms with E-state index in [1.54, 1.807) is 0 Å². The number of benzene rings is 1. The van der Waals surface area contributed by atoms with E-state index in [1.165, 1.54) is 12.1 Å². The average molecular weight is 428 g/mol. The standard InChI is InChI=1S/C18H16F4N4O4/c19-9-29-11-2-4-15(24-6-11)30-17(27)25-10-1-3-13(20)12(5-10)18(16(21)22)8-28-7-14(23)26-18/h1-6,16H,7-9H2,(H2,23,26)(H,25,27)/t18-/m0/s1. The highest BCUT2D eigenvalue weighted by Crippen LogP contribution is 2.38. The van der Waals surface area contributed by atoms with Crippen molar-refractivity contribution in [3.63, 3.8) is 0 Å². The Kier molecular flexibility index (Phi) is 6.35. The minimum atomic E-state index is -3.12. The van der Waals surface area contributed by atoms with Crippen LogP contribution in [0.5, 0.6) is 11.6 Å². The first-order chi connectivity index (χ1) is 14.3. The molecule has 1 aliphatic rings. The topological polar surface area (TPSA) is 108 Å². The third-order valence-corrected chi connectivity index (χ3v) is 4.08. The van der Waals surface area contributed by atoms with Gasteiger partial charge in [-0.2, -0.15) is 0 Å². The first kappa shape index (κ1) is 21.3. The molecule has 3 rings (SSSR count). The number of ether oxygens (including phenoxy) is 3. The van der Waals surface area contributed by atoms with Gasteiger partial charge in [0.2, 0.25) is 12.7 Å². The highest BCUT2D eigenvalue weighted by molar-refractivity contribution is 5.86. The summed E-state index contributed by atoms with van der Waals surface area (Å²) in [5.74, 6) is -1.19. The number of nitrogens with two attached hydrogens (primary N) is 1. The molecule has 2 heterocycles. The predicted octanol–water partition coefficient (Wildman–Crippen LogP) is 2.99. The van der Waals surface area contributed by atoms with Gasteiger partial charge < -0.3 is 19.9 Å². The summed E-state index contributed by atoms with van der Waals surface area (Å²) in [6, 6.07) is 5.63. The van der Waals surface area contributed by atoms with Gasteiger partial charge in [-0.15, -0.1) is 0 Å². The third kappa shape index (κ3) is 4.59. The van der Waals surface area contributed by atoms with Gasteiger partial charge in [0, 0.05) is 17.3 Å². The van der Waals surface area contributed by atoms with Crippen molar-refractivity contribution in [2.24, 2.45) is 10.7 Å². The molecule has 160 valence electrons. The summed E-state index contributed by atoms with van der Waals surface area (Å²) in [5, 5.41) is 2.28. The van der Waals surface area contributed by atoms with Crippen LogP contribution in [0.3, 0.4) is 0 Å². The molecule has 1 aromatic carbocycles. The van der Waals surface area contributed by atoms with Crippen molar-refractivity contribution in [2.75, 3.05) is 25.4 Å². The highest BCUT2D eigenvalue weighted by Gasteiger charge is 2.46. The molecule has 0 saturated heterocycles. The fourth-order valence-corrected chi connectivity index (χ4v) is 2.75. The van der Waals surface area contributed by atoms with Crippen molar-refractivity contribution in [1.82, 2.24) is 4.98 Å². The largest absolute Gasteiger partial charge is 0.461 e. The summed E-state index contributed by atoms with van der Waals surface area (Å²) in [6.07, 6.45) is -3.01. The van der Waals surface area contributed by atoms with Crippen molar-refractivity contribution >= 4 is 17.6 Å². The lowest BCUT2D eigenvalue weighted by atomic mass is 9.90. The first-order valence-corrected chi connectivity index (χ1v) is 8.48. The molecule has 3 N–H and O–H groups in total. The third-order valence-electron chi connectivity index (χ3n) is 4.08. The second-order valence-corrected chi connectivity index (χ2v) is 6.12. The molecule has 0 bridgehead atoms. The van der Waals surface area contributed by atoms with Crippen LogP contribution >= 0.6 is 0 Å². The molecule has 2 aromatic rings. The quantitative estimate of drug-likeness (QED) is 0.685. The Morgan fingerprint density at radius 2 is 2.13 bits per heavy atom. The smallest absolute Gasteiger partial charge is 0.418 e. The Morgan fingerprint density at radius 1 is 1.33 bits per heavy atom. The molecule has 12 heteroatoms. The lowest BCUT2D eigenvalue weighted by Crippen LogP contribution is -2.45. The van der Waals surface area contributed by atoms with E-state index in [0.29, 0.717) is 0 Å². The van der Waals surface area contributed by atoms with Crippen LogP contribution in [0, 0.1) is 5.82 Å². The van der Waals surface area contributed by atoms with Crippen molar-refractivity contribution in [1.29, 1.82) is 0 Å². The van der Waals surface area contributed by atoms with Crippen LogP contribution in [0.25, 0.3) is 0 Å². The zero-order valence-electron chi connectivity index (χ0n) is 15.3. The molecule has 0 aliphatic carbocycles. The molecule has 0 unspecified atom stereocenters. The van der Waals surface area contributed by atoms with Gasteiger partial charge in [-0.25, -0.2) is 27.3 Å². The monoisotopic (exact) mass is 428 g/mol. The Bertz CT molecular complexity index is 942. The number of aromatic nitrogens is 1. The predicted molar refractivity (Wildman–Crippen MR) is 97.0 cm³/mol. The molecule has 0 spiro atoms. The number of nitrogens with zero attached hydrogens (tertiary/aromatic N) is 2. The number of nitrogens with one attached hydrogen (secondary N) is 1. The number of carbonyl (C=O) groups is 1. The van der Waals surface area contributed by atoms with Gasteiger partial charge in [0.15, 0.2) is 5.54 Å². The van der Waals surface area contributed by atoms with Crippen molar-refractivity contribution in [3.8, 4) is 11.6 Å². The van der Waals surface area contributed by atoms with E-state index in [0.717, 1.165) is 24.4 Å². The van der Waals surface area contributed by atoms with Gasteiger partial charge in [0.1, 0.15) is 24.0 Å². The maximum atomic E-state index is 14.4. The van der Waals surface area contributed by atoms with E-state index >= 15 is 0 Å². The van der Waals surface area contributed by atoms with Crippen LogP contribution in [0.2, 0.25) is 0 Å². The molecule has 0 radical (unpaired) electrons. The van der Waals surface area contributed by atoms with Gasteiger partial charge in [-0.3, -0.25) is 10.3 Å². The number of hydrogen-bond acceptors (Lipinski definition) is 7. The number of carbonyl (C=O) groups excluding carboxylic acids is 1. The Hall–Kier alpha value is -3.41. The molecular formula is C18H16F4N4O4. The first-order valence-electron chi connectivity index (χ1n) is 8.48. The fourth-order valence-electron chi connectivity index (χ4n) is 2.75. The average Bonchev–Trinajstić information content (AvgIpc) is 2.71. The second-order valence-electron chi connectivity index (χ2n) is 6.12. The molecule has 0 saturated carbocycles. The number of halogens is 4. The van der Waals surface area contributed by atoms with E-state index in [-0.39, 0.29) is 29.8 Å². The highest BCUT2D eigenvalue weighted by atomic mass is 19.3. The van der Waals surface area contributed by atoms with Crippen LogP contribution < -0.4 is 20.5 Å². The number of aliphatic imine (C=N–C) groups is 1. The fraction of sp³-hybridized carbons (Fsp3) is 0.278. The minimum Gasteiger partial charge on any atom is -0.461 e. The number of amides is 1. The van der Waals surface area contributed by atoms with E-state index in [4.69, 9.17) is 15.2 Å². The van der Waals surface area contributed by atoms with E-state index in [1.807, 2.05) is 0 Å². The lowest BCUT2D eigenvalue weighted by Gasteiger charge is -2.33. The van der Waals surface area contributed by atoms with E-state index in [9.17, 15) is 22.4 Å². The molecule has 30 heavy (non-hydrogen) atoms. The molecule has 1 aromatic heterocycles. The molecule has 1 aliphatic heterocycles. The number of pyridine rings is 1. The van der Waals surface area contributed by atoms with Gasteiger partial charge in [0.25, 0.3) is 6.43 Å². The number of hydrogen-bond donors (Lipinski definition) is 2. The normalized spacial score (nSPS) is 18.6. The molecular weight excluding hydrogens is 412 g/mol. The minimum absolute atomic E-state index is 0.0341. The summed E-state index contributed by atoms with van der Waals surface area (Å²) in [6.45, 7) is -1.79. The van der Waals surface area contributed by atoms with Crippen LogP contribution in [0.1, 0.15) is 5.56 Å². The van der Waals surface area contributed by atoms with Gasteiger partial charge in [-0.1, -0.05) is 0 Å². The Labute approximate surface area is 167 Å². The number of amidine groups is 1. The molecule has 8 nitrogen and oxygen atoms in total. The second kappa shape index (κ2) is 8.95. The van der Waals surface area contributed by atoms with Crippen LogP contribution in [-0.4, -0.2) is 43.4 Å². The summed E-state index contributed by atoms with van der Waals surface area (Å²) in [7, 11) is 0. The lowest BCUT2D eigenvalue weighted by molar-refractivity contribution is -0.0145. The van der Waals surface area contributed by atoms with Gasteiger partial charge >= 0.3 is 6.09 Å².